The van der Waals surface area contributed by atoms with Crippen LogP contribution >= 0.6 is 0 Å². The Morgan fingerprint density at radius 2 is 1.52 bits per heavy atom. The van der Waals surface area contributed by atoms with Crippen LogP contribution in [0.3, 0.4) is 0 Å². The SMILES string of the molecule is CCNC(=O)c1cccc(NCC(=O)Nc2cccc(C(=O)NCCOC)c2)c1. The zero-order valence-electron chi connectivity index (χ0n) is 16.6. The van der Waals surface area contributed by atoms with Crippen LogP contribution in [0.4, 0.5) is 11.4 Å². The Bertz CT molecular complexity index is 854. The predicted molar refractivity (Wildman–Crippen MR) is 112 cm³/mol. The van der Waals surface area contributed by atoms with Crippen molar-refractivity contribution in [2.75, 3.05) is 44.0 Å². The summed E-state index contributed by atoms with van der Waals surface area (Å²) in [6.45, 7) is 3.24. The highest BCUT2D eigenvalue weighted by atomic mass is 16.5. The van der Waals surface area contributed by atoms with E-state index < -0.39 is 0 Å². The molecule has 2 aromatic rings. The number of carbonyl (C=O) groups is 3. The second-order valence-corrected chi connectivity index (χ2v) is 6.17. The number of rotatable bonds is 10. The molecule has 0 aromatic heterocycles. The Kier molecular flexibility index (Phi) is 8.65. The monoisotopic (exact) mass is 398 g/mol. The number of hydrogen-bond acceptors (Lipinski definition) is 5. The van der Waals surface area contributed by atoms with Gasteiger partial charge in [0, 0.05) is 42.7 Å². The smallest absolute Gasteiger partial charge is 0.251 e. The van der Waals surface area contributed by atoms with Gasteiger partial charge in [0.15, 0.2) is 0 Å². The average Bonchev–Trinajstić information content (AvgIpc) is 2.73. The zero-order chi connectivity index (χ0) is 21.1. The molecule has 0 aliphatic carbocycles. The van der Waals surface area contributed by atoms with E-state index in [4.69, 9.17) is 4.74 Å². The Morgan fingerprint density at radius 1 is 0.897 bits per heavy atom. The van der Waals surface area contributed by atoms with Gasteiger partial charge in [-0.3, -0.25) is 14.4 Å². The summed E-state index contributed by atoms with van der Waals surface area (Å²) in [5, 5.41) is 11.2. The van der Waals surface area contributed by atoms with E-state index in [9.17, 15) is 14.4 Å². The summed E-state index contributed by atoms with van der Waals surface area (Å²) in [5.41, 5.74) is 2.15. The fourth-order valence-electron chi connectivity index (χ4n) is 2.53. The average molecular weight is 398 g/mol. The quantitative estimate of drug-likeness (QED) is 0.457. The molecule has 0 saturated carbocycles. The summed E-state index contributed by atoms with van der Waals surface area (Å²) in [5.74, 6) is -0.676. The Hall–Kier alpha value is -3.39. The van der Waals surface area contributed by atoms with Crippen LogP contribution in [0.1, 0.15) is 27.6 Å². The molecule has 0 atom stereocenters. The number of benzene rings is 2. The van der Waals surface area contributed by atoms with E-state index in [1.165, 1.54) is 0 Å². The van der Waals surface area contributed by atoms with Crippen molar-refractivity contribution in [1.29, 1.82) is 0 Å². The molecule has 0 aliphatic heterocycles. The van der Waals surface area contributed by atoms with E-state index in [1.54, 1.807) is 55.6 Å². The molecule has 0 heterocycles. The van der Waals surface area contributed by atoms with E-state index in [2.05, 4.69) is 21.3 Å². The molecule has 3 amide bonds. The fraction of sp³-hybridized carbons (Fsp3) is 0.286. The van der Waals surface area contributed by atoms with Crippen molar-refractivity contribution >= 4 is 29.1 Å². The molecule has 0 saturated heterocycles. The van der Waals surface area contributed by atoms with Crippen molar-refractivity contribution in [3.05, 3.63) is 59.7 Å². The third-order valence-electron chi connectivity index (χ3n) is 3.92. The van der Waals surface area contributed by atoms with Crippen LogP contribution in [0.5, 0.6) is 0 Å². The number of ether oxygens (including phenoxy) is 1. The zero-order valence-corrected chi connectivity index (χ0v) is 16.6. The lowest BCUT2D eigenvalue weighted by Gasteiger charge is -2.10. The highest BCUT2D eigenvalue weighted by Gasteiger charge is 2.09. The van der Waals surface area contributed by atoms with Crippen molar-refractivity contribution in [3.8, 4) is 0 Å². The molecular formula is C21H26N4O4. The molecule has 0 radical (unpaired) electrons. The molecule has 2 rings (SSSR count). The topological polar surface area (TPSA) is 109 Å². The third-order valence-corrected chi connectivity index (χ3v) is 3.92. The Balaban J connectivity index is 1.90. The molecular weight excluding hydrogens is 372 g/mol. The fourth-order valence-corrected chi connectivity index (χ4v) is 2.53. The first-order chi connectivity index (χ1) is 14.0. The molecule has 0 spiro atoms. The molecule has 0 fully saturated rings. The van der Waals surface area contributed by atoms with Crippen LogP contribution in [0.25, 0.3) is 0 Å². The van der Waals surface area contributed by atoms with Gasteiger partial charge in [0.05, 0.1) is 13.2 Å². The van der Waals surface area contributed by atoms with Crippen molar-refractivity contribution < 1.29 is 19.1 Å². The molecule has 4 N–H and O–H groups in total. The van der Waals surface area contributed by atoms with Crippen molar-refractivity contribution in [2.45, 2.75) is 6.92 Å². The van der Waals surface area contributed by atoms with Crippen LogP contribution in [0, 0.1) is 0 Å². The van der Waals surface area contributed by atoms with Crippen molar-refractivity contribution in [2.24, 2.45) is 0 Å². The summed E-state index contributed by atoms with van der Waals surface area (Å²) in [6.07, 6.45) is 0. The number of methoxy groups -OCH3 is 1. The molecule has 2 aromatic carbocycles. The van der Waals surface area contributed by atoms with Crippen LogP contribution in [-0.2, 0) is 9.53 Å². The summed E-state index contributed by atoms with van der Waals surface area (Å²) >= 11 is 0. The first-order valence-electron chi connectivity index (χ1n) is 9.32. The molecule has 0 aliphatic rings. The molecule has 29 heavy (non-hydrogen) atoms. The molecule has 0 unspecified atom stereocenters. The van der Waals surface area contributed by atoms with Gasteiger partial charge in [-0.1, -0.05) is 12.1 Å². The molecule has 8 nitrogen and oxygen atoms in total. The first kappa shape index (κ1) is 21.9. The number of hydrogen-bond donors (Lipinski definition) is 4. The van der Waals surface area contributed by atoms with Gasteiger partial charge in [-0.05, 0) is 43.3 Å². The standard InChI is InChI=1S/C21H26N4O4/c1-3-22-20(27)15-6-4-8-17(12-15)24-14-19(26)25-18-9-5-7-16(13-18)21(28)23-10-11-29-2/h4-9,12-13,24H,3,10-11,14H2,1-2H3,(H,22,27)(H,23,28)(H,25,26). The molecule has 0 bridgehead atoms. The highest BCUT2D eigenvalue weighted by Crippen LogP contribution is 2.12. The Morgan fingerprint density at radius 3 is 2.17 bits per heavy atom. The van der Waals surface area contributed by atoms with Crippen molar-refractivity contribution in [3.63, 3.8) is 0 Å². The lowest BCUT2D eigenvalue weighted by molar-refractivity contribution is -0.114. The van der Waals surface area contributed by atoms with Gasteiger partial charge in [-0.25, -0.2) is 0 Å². The van der Waals surface area contributed by atoms with E-state index in [0.29, 0.717) is 42.2 Å². The van der Waals surface area contributed by atoms with Crippen LogP contribution < -0.4 is 21.3 Å². The van der Waals surface area contributed by atoms with Gasteiger partial charge >= 0.3 is 0 Å². The first-order valence-corrected chi connectivity index (χ1v) is 9.32. The molecule has 8 heteroatoms. The van der Waals surface area contributed by atoms with Gasteiger partial charge in [0.2, 0.25) is 5.91 Å². The maximum atomic E-state index is 12.2. The van der Waals surface area contributed by atoms with Gasteiger partial charge in [-0.15, -0.1) is 0 Å². The summed E-state index contributed by atoms with van der Waals surface area (Å²) < 4.78 is 4.90. The predicted octanol–water partition coefficient (Wildman–Crippen LogP) is 1.86. The van der Waals surface area contributed by atoms with E-state index in [0.717, 1.165) is 0 Å². The minimum atomic E-state index is -0.273. The summed E-state index contributed by atoms with van der Waals surface area (Å²) in [4.78, 5) is 36.2. The highest BCUT2D eigenvalue weighted by molar-refractivity contribution is 5.98. The van der Waals surface area contributed by atoms with E-state index in [1.807, 2.05) is 6.92 Å². The van der Waals surface area contributed by atoms with Gasteiger partial charge in [0.25, 0.3) is 11.8 Å². The number of carbonyl (C=O) groups excluding carboxylic acids is 3. The number of amides is 3. The van der Waals surface area contributed by atoms with Crippen LogP contribution in [0.2, 0.25) is 0 Å². The largest absolute Gasteiger partial charge is 0.383 e. The minimum Gasteiger partial charge on any atom is -0.383 e. The maximum Gasteiger partial charge on any atom is 0.251 e. The summed E-state index contributed by atoms with van der Waals surface area (Å²) in [6, 6.07) is 13.6. The molecule has 154 valence electrons. The second-order valence-electron chi connectivity index (χ2n) is 6.17. The van der Waals surface area contributed by atoms with Crippen molar-refractivity contribution in [1.82, 2.24) is 10.6 Å². The van der Waals surface area contributed by atoms with Crippen LogP contribution in [-0.4, -0.2) is 51.1 Å². The minimum absolute atomic E-state index is 0.0170. The normalized spacial score (nSPS) is 10.1. The lowest BCUT2D eigenvalue weighted by atomic mass is 10.2. The third kappa shape index (κ3) is 7.27. The lowest BCUT2D eigenvalue weighted by Crippen LogP contribution is -2.27. The maximum absolute atomic E-state index is 12.2. The van der Waals surface area contributed by atoms with Gasteiger partial charge in [0.1, 0.15) is 0 Å². The second kappa shape index (κ2) is 11.5. The van der Waals surface area contributed by atoms with Gasteiger partial charge < -0.3 is 26.0 Å². The van der Waals surface area contributed by atoms with Crippen LogP contribution in [0.15, 0.2) is 48.5 Å². The van der Waals surface area contributed by atoms with E-state index >= 15 is 0 Å². The Labute approximate surface area is 170 Å². The van der Waals surface area contributed by atoms with E-state index in [-0.39, 0.29) is 24.3 Å². The van der Waals surface area contributed by atoms with Gasteiger partial charge in [-0.2, -0.15) is 0 Å². The summed E-state index contributed by atoms with van der Waals surface area (Å²) in [7, 11) is 1.56. The number of nitrogens with one attached hydrogen (secondary N) is 4. The number of anilines is 2.